The van der Waals surface area contributed by atoms with Gasteiger partial charge in [0.25, 0.3) is 0 Å². The molecule has 0 bridgehead atoms. The van der Waals surface area contributed by atoms with Crippen LogP contribution in [-0.4, -0.2) is 7.28 Å². The molecule has 1 atom stereocenters. The minimum Gasteiger partial charge on any atom is -0.0831 e. The van der Waals surface area contributed by atoms with E-state index in [9.17, 15) is 0 Å². The van der Waals surface area contributed by atoms with Gasteiger partial charge in [-0.3, -0.25) is 0 Å². The van der Waals surface area contributed by atoms with E-state index in [1.807, 2.05) is 0 Å². The molecule has 1 saturated carbocycles. The minimum atomic E-state index is 1.02. The maximum Gasteiger partial charge on any atom is 0.109 e. The molecule has 1 heteroatoms. The van der Waals surface area contributed by atoms with Crippen LogP contribution in [0.25, 0.3) is 0 Å². The molecule has 1 aliphatic rings. The average Bonchev–Trinajstić information content (AvgIpc) is 1.93. The van der Waals surface area contributed by atoms with E-state index in [2.05, 4.69) is 21.1 Å². The van der Waals surface area contributed by atoms with Gasteiger partial charge in [-0.05, 0) is 11.8 Å². The normalized spacial score (nSPS) is 20.9. The molecule has 0 N–H and O–H groups in total. The molecule has 1 radical (unpaired) electrons. The van der Waals surface area contributed by atoms with Crippen molar-refractivity contribution in [2.45, 2.75) is 52.2 Å². The van der Waals surface area contributed by atoms with Gasteiger partial charge in [0.15, 0.2) is 0 Å². The van der Waals surface area contributed by atoms with Crippen molar-refractivity contribution in [3.05, 3.63) is 0 Å². The predicted molar refractivity (Wildman–Crippen MR) is 52.2 cm³/mol. The monoisotopic (exact) mass is 151 g/mol. The highest BCUT2D eigenvalue weighted by Crippen LogP contribution is 2.36. The molecule has 63 valence electrons. The molecule has 1 rings (SSSR count). The molecule has 0 aromatic carbocycles. The molecule has 0 spiro atoms. The summed E-state index contributed by atoms with van der Waals surface area (Å²) in [6.45, 7) is 4.58. The Morgan fingerprint density at radius 2 is 2.09 bits per heavy atom. The number of rotatable bonds is 5. The van der Waals surface area contributed by atoms with Crippen molar-refractivity contribution in [2.24, 2.45) is 11.8 Å². The Morgan fingerprint density at radius 1 is 1.36 bits per heavy atom. The van der Waals surface area contributed by atoms with Crippen molar-refractivity contribution in [3.63, 3.8) is 0 Å². The maximum atomic E-state index is 2.45. The van der Waals surface area contributed by atoms with E-state index < -0.39 is 0 Å². The zero-order chi connectivity index (χ0) is 8.10. The van der Waals surface area contributed by atoms with Gasteiger partial charge < -0.3 is 0 Å². The van der Waals surface area contributed by atoms with Crippen LogP contribution >= 0.6 is 0 Å². The van der Waals surface area contributed by atoms with Crippen molar-refractivity contribution in [3.8, 4) is 0 Å². The molecule has 1 aliphatic carbocycles. The maximum absolute atomic E-state index is 2.45. The van der Waals surface area contributed by atoms with Gasteiger partial charge in [0.2, 0.25) is 0 Å². The third kappa shape index (κ3) is 2.54. The van der Waals surface area contributed by atoms with Crippen LogP contribution in [0, 0.1) is 11.8 Å². The summed E-state index contributed by atoms with van der Waals surface area (Å²) >= 11 is 0. The van der Waals surface area contributed by atoms with Crippen LogP contribution < -0.4 is 0 Å². The standard InChI is InChI=1S/C10H20B/c1-3-9(8-11-4-2)10-6-5-7-10/h9-10H,3-8H2,1-2H3. The van der Waals surface area contributed by atoms with Crippen molar-refractivity contribution < 1.29 is 0 Å². The van der Waals surface area contributed by atoms with Crippen LogP contribution in [0.3, 0.4) is 0 Å². The van der Waals surface area contributed by atoms with Gasteiger partial charge in [-0.15, -0.1) is 0 Å². The first-order valence-corrected chi connectivity index (χ1v) is 5.20. The summed E-state index contributed by atoms with van der Waals surface area (Å²) in [5.41, 5.74) is 0. The van der Waals surface area contributed by atoms with Crippen LogP contribution in [0.4, 0.5) is 0 Å². The Bertz CT molecular complexity index is 97.0. The zero-order valence-electron chi connectivity index (χ0n) is 7.97. The zero-order valence-corrected chi connectivity index (χ0v) is 7.97. The molecule has 0 aromatic rings. The number of hydrogen-bond donors (Lipinski definition) is 0. The van der Waals surface area contributed by atoms with Crippen LogP contribution in [0.1, 0.15) is 39.5 Å². The van der Waals surface area contributed by atoms with E-state index in [0.29, 0.717) is 0 Å². The Balaban J connectivity index is 2.13. The Labute approximate surface area is 72.0 Å². The second-order valence-corrected chi connectivity index (χ2v) is 3.79. The molecule has 0 amide bonds. The summed E-state index contributed by atoms with van der Waals surface area (Å²) in [6, 6.07) is 0. The molecular weight excluding hydrogens is 131 g/mol. The van der Waals surface area contributed by atoms with Crippen molar-refractivity contribution >= 4 is 7.28 Å². The van der Waals surface area contributed by atoms with Gasteiger partial charge in [0, 0.05) is 0 Å². The highest BCUT2D eigenvalue weighted by molar-refractivity contribution is 6.35. The van der Waals surface area contributed by atoms with Gasteiger partial charge in [-0.25, -0.2) is 0 Å². The Kier molecular flexibility index (Phi) is 4.03. The van der Waals surface area contributed by atoms with E-state index in [1.165, 1.54) is 38.3 Å². The minimum absolute atomic E-state index is 1.02. The molecule has 0 aromatic heterocycles. The second kappa shape index (κ2) is 4.85. The van der Waals surface area contributed by atoms with Crippen LogP contribution in [-0.2, 0) is 0 Å². The Hall–Kier alpha value is 0.0649. The van der Waals surface area contributed by atoms with Crippen LogP contribution in [0.2, 0.25) is 12.6 Å². The quantitative estimate of drug-likeness (QED) is 0.528. The van der Waals surface area contributed by atoms with Gasteiger partial charge in [0.05, 0.1) is 0 Å². The van der Waals surface area contributed by atoms with Gasteiger partial charge in [0.1, 0.15) is 7.28 Å². The SMILES string of the molecule is CC[B]CC(CC)C1CCC1. The third-order valence-corrected chi connectivity index (χ3v) is 3.10. The summed E-state index contributed by atoms with van der Waals surface area (Å²) in [4.78, 5) is 0. The van der Waals surface area contributed by atoms with E-state index in [-0.39, 0.29) is 0 Å². The summed E-state index contributed by atoms with van der Waals surface area (Å²) in [5.74, 6) is 2.10. The lowest BCUT2D eigenvalue weighted by molar-refractivity contribution is 0.215. The molecule has 0 aliphatic heterocycles. The lowest BCUT2D eigenvalue weighted by atomic mass is 9.61. The van der Waals surface area contributed by atoms with Crippen LogP contribution in [0.5, 0.6) is 0 Å². The number of hydrogen-bond acceptors (Lipinski definition) is 0. The molecule has 0 heterocycles. The van der Waals surface area contributed by atoms with E-state index in [1.54, 1.807) is 0 Å². The highest BCUT2D eigenvalue weighted by atomic mass is 14.3. The molecule has 11 heavy (non-hydrogen) atoms. The first kappa shape index (κ1) is 9.16. The molecular formula is C10H20B. The summed E-state index contributed by atoms with van der Waals surface area (Å²) < 4.78 is 0. The molecule has 0 saturated heterocycles. The smallest absolute Gasteiger partial charge is 0.0831 e. The lowest BCUT2D eigenvalue weighted by Crippen LogP contribution is -2.22. The predicted octanol–water partition coefficient (Wildman–Crippen LogP) is 3.37. The Morgan fingerprint density at radius 3 is 2.45 bits per heavy atom. The molecule has 1 fully saturated rings. The van der Waals surface area contributed by atoms with Crippen LogP contribution in [0.15, 0.2) is 0 Å². The van der Waals surface area contributed by atoms with Gasteiger partial charge >= 0.3 is 0 Å². The fraction of sp³-hybridized carbons (Fsp3) is 1.00. The van der Waals surface area contributed by atoms with Crippen molar-refractivity contribution in [2.75, 3.05) is 0 Å². The summed E-state index contributed by atoms with van der Waals surface area (Å²) in [6.07, 6.45) is 8.53. The van der Waals surface area contributed by atoms with Gasteiger partial charge in [-0.1, -0.05) is 52.2 Å². The summed E-state index contributed by atoms with van der Waals surface area (Å²) in [7, 11) is 2.45. The largest absolute Gasteiger partial charge is 0.109 e. The third-order valence-electron chi connectivity index (χ3n) is 3.10. The summed E-state index contributed by atoms with van der Waals surface area (Å²) in [5, 5.41) is 0. The van der Waals surface area contributed by atoms with E-state index >= 15 is 0 Å². The lowest BCUT2D eigenvalue weighted by Gasteiger charge is -2.33. The van der Waals surface area contributed by atoms with Crippen molar-refractivity contribution in [1.82, 2.24) is 0 Å². The van der Waals surface area contributed by atoms with Gasteiger partial charge in [-0.2, -0.15) is 0 Å². The highest BCUT2D eigenvalue weighted by Gasteiger charge is 2.24. The topological polar surface area (TPSA) is 0 Å². The fourth-order valence-electron chi connectivity index (χ4n) is 1.98. The molecule has 1 unspecified atom stereocenters. The second-order valence-electron chi connectivity index (χ2n) is 3.79. The van der Waals surface area contributed by atoms with Crippen molar-refractivity contribution in [1.29, 1.82) is 0 Å². The van der Waals surface area contributed by atoms with E-state index in [0.717, 1.165) is 11.8 Å². The fourth-order valence-corrected chi connectivity index (χ4v) is 1.98. The molecule has 0 nitrogen and oxygen atoms in total. The average molecular weight is 151 g/mol. The first-order valence-electron chi connectivity index (χ1n) is 5.20. The first-order chi connectivity index (χ1) is 5.38. The van der Waals surface area contributed by atoms with E-state index in [4.69, 9.17) is 0 Å².